The summed E-state index contributed by atoms with van der Waals surface area (Å²) in [5.74, 6) is 0.426. The molecular weight excluding hydrogens is 295 g/mol. The lowest BCUT2D eigenvalue weighted by Crippen LogP contribution is -2.35. The van der Waals surface area contributed by atoms with Crippen LogP contribution in [0.15, 0.2) is 6.07 Å². The summed E-state index contributed by atoms with van der Waals surface area (Å²) in [6, 6.07) is 1.31. The molecule has 1 aromatic heterocycles. The number of hydrogen-bond donors (Lipinski definition) is 0. The Balaban J connectivity index is 2.29. The molecule has 1 aliphatic heterocycles. The molecule has 0 N–H and O–H groups in total. The fraction of sp³-hybridized carbons (Fsp3) is 0.714. The van der Waals surface area contributed by atoms with Crippen LogP contribution < -0.4 is 9.80 Å². The zero-order valence-corrected chi connectivity index (χ0v) is 13.4. The lowest BCUT2D eigenvalue weighted by Gasteiger charge is -2.24. The highest BCUT2D eigenvalue weighted by molar-refractivity contribution is 5.46. The van der Waals surface area contributed by atoms with Crippen molar-refractivity contribution in [2.24, 2.45) is 0 Å². The molecule has 124 valence electrons. The monoisotopic (exact) mass is 317 g/mol. The predicted octanol–water partition coefficient (Wildman–Crippen LogP) is 2.09. The van der Waals surface area contributed by atoms with Crippen molar-refractivity contribution >= 4 is 11.8 Å². The first kappa shape index (κ1) is 16.8. The first-order valence-corrected chi connectivity index (χ1v) is 7.31. The Morgan fingerprint density at radius 2 is 1.95 bits per heavy atom. The van der Waals surface area contributed by atoms with Crippen molar-refractivity contribution in [1.82, 2.24) is 14.9 Å². The van der Waals surface area contributed by atoms with Gasteiger partial charge >= 0.3 is 6.18 Å². The fourth-order valence-corrected chi connectivity index (χ4v) is 2.48. The average molecular weight is 317 g/mol. The number of hydrogen-bond acceptors (Lipinski definition) is 5. The first-order valence-electron chi connectivity index (χ1n) is 7.31. The second kappa shape index (κ2) is 6.28. The summed E-state index contributed by atoms with van der Waals surface area (Å²) in [5, 5.41) is 0. The first-order chi connectivity index (χ1) is 10.2. The number of alkyl halides is 3. The van der Waals surface area contributed by atoms with Gasteiger partial charge in [0.1, 0.15) is 5.82 Å². The van der Waals surface area contributed by atoms with Gasteiger partial charge < -0.3 is 14.7 Å². The molecule has 1 aromatic rings. The standard InChI is InChI=1S/C14H22F3N5/c1-5-21(4)10-6-7-22(9-10)13-18-11(14(15,16)17)8-12(19-13)20(2)3/h8,10H,5-7,9H2,1-4H3. The largest absolute Gasteiger partial charge is 0.433 e. The highest BCUT2D eigenvalue weighted by atomic mass is 19.4. The molecule has 0 bridgehead atoms. The van der Waals surface area contributed by atoms with E-state index in [1.807, 2.05) is 11.9 Å². The zero-order valence-electron chi connectivity index (χ0n) is 13.4. The Kier molecular flexibility index (Phi) is 4.79. The van der Waals surface area contributed by atoms with Crippen LogP contribution in [-0.4, -0.2) is 61.7 Å². The van der Waals surface area contributed by atoms with Crippen molar-refractivity contribution in [3.63, 3.8) is 0 Å². The van der Waals surface area contributed by atoms with E-state index >= 15 is 0 Å². The van der Waals surface area contributed by atoms with Crippen molar-refractivity contribution in [3.05, 3.63) is 11.8 Å². The summed E-state index contributed by atoms with van der Waals surface area (Å²) in [6.45, 7) is 4.29. The van der Waals surface area contributed by atoms with E-state index < -0.39 is 11.9 Å². The van der Waals surface area contributed by atoms with Crippen LogP contribution in [0.2, 0.25) is 0 Å². The number of aromatic nitrogens is 2. The molecule has 2 heterocycles. The lowest BCUT2D eigenvalue weighted by atomic mass is 10.2. The third-order valence-corrected chi connectivity index (χ3v) is 4.02. The molecule has 1 aliphatic rings. The molecule has 1 unspecified atom stereocenters. The van der Waals surface area contributed by atoms with E-state index in [4.69, 9.17) is 0 Å². The molecule has 0 amide bonds. The van der Waals surface area contributed by atoms with Gasteiger partial charge in [-0.1, -0.05) is 6.92 Å². The SMILES string of the molecule is CCN(C)C1CCN(c2nc(N(C)C)cc(C(F)(F)F)n2)C1. The van der Waals surface area contributed by atoms with Crippen molar-refractivity contribution in [2.75, 3.05) is 50.6 Å². The van der Waals surface area contributed by atoms with Gasteiger partial charge in [0.2, 0.25) is 5.95 Å². The zero-order chi connectivity index (χ0) is 16.5. The quantitative estimate of drug-likeness (QED) is 0.850. The Hall–Kier alpha value is -1.57. The molecular formula is C14H22F3N5. The number of halogens is 3. The van der Waals surface area contributed by atoms with Crippen LogP contribution in [0, 0.1) is 0 Å². The van der Waals surface area contributed by atoms with Gasteiger partial charge in [-0.2, -0.15) is 18.2 Å². The van der Waals surface area contributed by atoms with E-state index in [9.17, 15) is 13.2 Å². The maximum absolute atomic E-state index is 13.0. The van der Waals surface area contributed by atoms with Crippen LogP contribution >= 0.6 is 0 Å². The second-order valence-corrected chi connectivity index (χ2v) is 5.77. The van der Waals surface area contributed by atoms with Crippen LogP contribution in [0.3, 0.4) is 0 Å². The summed E-state index contributed by atoms with van der Waals surface area (Å²) in [5.41, 5.74) is -0.895. The fourth-order valence-electron chi connectivity index (χ4n) is 2.48. The molecule has 0 spiro atoms. The van der Waals surface area contributed by atoms with E-state index in [2.05, 4.69) is 21.8 Å². The summed E-state index contributed by atoms with van der Waals surface area (Å²) in [4.78, 5) is 13.6. The van der Waals surface area contributed by atoms with Crippen molar-refractivity contribution in [3.8, 4) is 0 Å². The maximum atomic E-state index is 13.0. The van der Waals surface area contributed by atoms with Crippen LogP contribution in [0.25, 0.3) is 0 Å². The van der Waals surface area contributed by atoms with Crippen LogP contribution in [0.1, 0.15) is 19.0 Å². The van der Waals surface area contributed by atoms with Gasteiger partial charge in [-0.3, -0.25) is 0 Å². The van der Waals surface area contributed by atoms with Crippen LogP contribution in [-0.2, 0) is 6.18 Å². The molecule has 1 saturated heterocycles. The molecule has 22 heavy (non-hydrogen) atoms. The molecule has 0 saturated carbocycles. The summed E-state index contributed by atoms with van der Waals surface area (Å²) in [6.07, 6.45) is -3.57. The average Bonchev–Trinajstić information content (AvgIpc) is 2.94. The van der Waals surface area contributed by atoms with Gasteiger partial charge in [-0.05, 0) is 20.0 Å². The van der Waals surface area contributed by atoms with Gasteiger partial charge in [0, 0.05) is 39.3 Å². The topological polar surface area (TPSA) is 35.5 Å². The van der Waals surface area contributed by atoms with Gasteiger partial charge in [-0.15, -0.1) is 0 Å². The minimum atomic E-state index is -4.47. The van der Waals surface area contributed by atoms with Crippen LogP contribution in [0.4, 0.5) is 24.9 Å². The van der Waals surface area contributed by atoms with Gasteiger partial charge in [0.25, 0.3) is 0 Å². The van der Waals surface area contributed by atoms with Crippen LogP contribution in [0.5, 0.6) is 0 Å². The molecule has 1 fully saturated rings. The van der Waals surface area contributed by atoms with Gasteiger partial charge in [-0.25, -0.2) is 4.98 Å². The van der Waals surface area contributed by atoms with E-state index in [0.717, 1.165) is 19.0 Å². The third kappa shape index (κ3) is 3.60. The maximum Gasteiger partial charge on any atom is 0.433 e. The number of anilines is 2. The van der Waals surface area contributed by atoms with Crippen molar-refractivity contribution in [2.45, 2.75) is 25.6 Å². The summed E-state index contributed by atoms with van der Waals surface area (Å²) >= 11 is 0. The smallest absolute Gasteiger partial charge is 0.363 e. The predicted molar refractivity (Wildman–Crippen MR) is 80.3 cm³/mol. The highest BCUT2D eigenvalue weighted by Crippen LogP contribution is 2.31. The third-order valence-electron chi connectivity index (χ3n) is 4.02. The van der Waals surface area contributed by atoms with Gasteiger partial charge in [0.05, 0.1) is 0 Å². The highest BCUT2D eigenvalue weighted by Gasteiger charge is 2.35. The van der Waals surface area contributed by atoms with Crippen molar-refractivity contribution < 1.29 is 13.2 Å². The molecule has 8 heteroatoms. The Morgan fingerprint density at radius 3 is 2.50 bits per heavy atom. The Labute approximate surface area is 128 Å². The summed E-state index contributed by atoms with van der Waals surface area (Å²) < 4.78 is 39.1. The lowest BCUT2D eigenvalue weighted by molar-refractivity contribution is -0.141. The molecule has 1 atom stereocenters. The van der Waals surface area contributed by atoms with Crippen molar-refractivity contribution in [1.29, 1.82) is 0 Å². The van der Waals surface area contributed by atoms with Gasteiger partial charge in [0.15, 0.2) is 5.69 Å². The van der Waals surface area contributed by atoms with E-state index in [0.29, 0.717) is 19.1 Å². The molecule has 0 aromatic carbocycles. The number of likely N-dealkylation sites (N-methyl/N-ethyl adjacent to an activating group) is 1. The summed E-state index contributed by atoms with van der Waals surface area (Å²) in [7, 11) is 5.36. The Bertz CT molecular complexity index is 518. The molecule has 0 radical (unpaired) electrons. The molecule has 5 nitrogen and oxygen atoms in total. The molecule has 0 aliphatic carbocycles. The number of rotatable bonds is 4. The number of nitrogens with zero attached hydrogens (tertiary/aromatic N) is 5. The minimum absolute atomic E-state index is 0.158. The minimum Gasteiger partial charge on any atom is -0.363 e. The van der Waals surface area contributed by atoms with E-state index in [-0.39, 0.29) is 11.8 Å². The second-order valence-electron chi connectivity index (χ2n) is 5.77. The Morgan fingerprint density at radius 1 is 1.27 bits per heavy atom. The molecule has 2 rings (SSSR count). The van der Waals surface area contributed by atoms with E-state index in [1.54, 1.807) is 19.0 Å². The van der Waals surface area contributed by atoms with E-state index in [1.165, 1.54) is 0 Å². The normalized spacial score (nSPS) is 19.1.